The highest BCUT2D eigenvalue weighted by atomic mass is 32.2. The third kappa shape index (κ3) is 18.3. The van der Waals surface area contributed by atoms with Crippen LogP contribution in [-0.2, 0) is 38.1 Å². The van der Waals surface area contributed by atoms with E-state index in [-0.39, 0.29) is 74.0 Å². The van der Waals surface area contributed by atoms with Crippen molar-refractivity contribution in [3.05, 3.63) is 71.8 Å². The van der Waals surface area contributed by atoms with Gasteiger partial charge in [-0.1, -0.05) is 76.2 Å². The van der Waals surface area contributed by atoms with Crippen LogP contribution in [0.2, 0.25) is 0 Å². The Kier molecular flexibility index (Phi) is 26.8. The first-order valence-electron chi connectivity index (χ1n) is 33.7. The van der Waals surface area contributed by atoms with Crippen LogP contribution in [0.5, 0.6) is 23.0 Å². The minimum absolute atomic E-state index is 0.200. The summed E-state index contributed by atoms with van der Waals surface area (Å²) >= 11 is 6.04. The van der Waals surface area contributed by atoms with Crippen molar-refractivity contribution in [3.8, 4) is 23.0 Å². The van der Waals surface area contributed by atoms with E-state index in [1.807, 2.05) is 132 Å². The van der Waals surface area contributed by atoms with Crippen molar-refractivity contribution in [2.75, 3.05) is 49.4 Å². The van der Waals surface area contributed by atoms with Gasteiger partial charge >= 0.3 is 23.9 Å². The van der Waals surface area contributed by atoms with Crippen molar-refractivity contribution in [3.63, 3.8) is 0 Å². The van der Waals surface area contributed by atoms with E-state index in [0.29, 0.717) is 211 Å². The number of hydrogen-bond acceptors (Lipinski definition) is 22. The molecule has 0 amide bonds. The summed E-state index contributed by atoms with van der Waals surface area (Å²) in [6.07, 6.45) is 4.37. The Bertz CT molecular complexity index is 3670. The van der Waals surface area contributed by atoms with Gasteiger partial charge in [0.1, 0.15) is 45.6 Å². The normalized spacial score (nSPS) is 12.6. The van der Waals surface area contributed by atoms with Crippen LogP contribution >= 0.6 is 47.0 Å². The number of aromatic nitrogens is 8. The zero-order valence-electron chi connectivity index (χ0n) is 57.3. The number of hydrogen-bond donors (Lipinski definition) is 2. The Hall–Kier alpha value is -7.28. The van der Waals surface area contributed by atoms with Crippen LogP contribution in [0.4, 0.5) is 0 Å². The van der Waals surface area contributed by atoms with E-state index in [9.17, 15) is 19.2 Å². The monoisotopic (exact) mass is 1390 g/mol. The van der Waals surface area contributed by atoms with Crippen LogP contribution in [-0.4, -0.2) is 138 Å². The number of fused-ring (bicyclic) bond motifs is 16. The lowest BCUT2D eigenvalue weighted by Crippen LogP contribution is -2.09. The number of esters is 4. The molecule has 8 bridgehead atoms. The molecule has 0 atom stereocenters. The number of aromatic amines is 2. The van der Waals surface area contributed by atoms with Crippen molar-refractivity contribution in [2.24, 2.45) is 0 Å². The molecule has 2 aliphatic rings. The maximum Gasteiger partial charge on any atom is 0.305 e. The van der Waals surface area contributed by atoms with Crippen LogP contribution < -0.4 is 18.9 Å². The Balaban J connectivity index is 1.46. The summed E-state index contributed by atoms with van der Waals surface area (Å²) in [4.78, 5) is 95.8. The topological polar surface area (TPSA) is 251 Å². The lowest BCUT2D eigenvalue weighted by atomic mass is 10.0. The predicted molar refractivity (Wildman–Crippen MR) is 391 cm³/mol. The Morgan fingerprint density at radius 2 is 0.573 bits per heavy atom. The summed E-state index contributed by atoms with van der Waals surface area (Å²) in [5.41, 5.74) is 1.44. The number of benzene rings is 4. The third-order valence-corrected chi connectivity index (χ3v) is 19.5. The zero-order valence-corrected chi connectivity index (χ0v) is 60.6. The average molecular weight is 1390 g/mol. The molecule has 4 aromatic carbocycles. The molecule has 0 fully saturated rings. The number of thioether (sulfide) groups is 4. The molecule has 0 spiro atoms. The van der Waals surface area contributed by atoms with Gasteiger partial charge in [-0.15, -0.1) is 47.0 Å². The number of nitrogens with zero attached hydrogens (tertiary/aromatic N) is 6. The molecule has 0 unspecified atom stereocenters. The number of carbonyl (C=O) groups excluding carboxylic acids is 4. The van der Waals surface area contributed by atoms with Gasteiger partial charge in [-0.25, -0.2) is 29.9 Å². The van der Waals surface area contributed by atoms with E-state index in [2.05, 4.69) is 9.97 Å². The number of rotatable bonds is 36. The van der Waals surface area contributed by atoms with Gasteiger partial charge in [0.05, 0.1) is 92.0 Å². The third-order valence-electron chi connectivity index (χ3n) is 14.6. The van der Waals surface area contributed by atoms with Crippen molar-refractivity contribution < 1.29 is 57.1 Å². The standard InChI is InChI=1S/C72H90N8O12S4/c1-13-33-85-49(81)29-21-37-93-61-62(94-38-22-30-50(82)86-34-14-2)70-76-66-55-56(60(92-44(11)12)48-28-20-19-27-47(48)59(55)91-43(9)10)68(74-66)78-72-64(96-40-24-32-52(84)88-36-16-4)63(95-39-23-31-51(83)87-35-15-3)71(80-72)77-67-54-53(65(73-67)75-69(61)79-70)57(89-41(5)6)45-25-17-18-26-46(45)58(54)90-42(7)8/h17-20,25-28,41-44H,13-16,21-24,29-40H2,1-12H3,(H2,73,74,75,76,77,78,79,80). The molecule has 0 aliphatic carbocycles. The Morgan fingerprint density at radius 3 is 0.771 bits per heavy atom. The van der Waals surface area contributed by atoms with Gasteiger partial charge < -0.3 is 47.9 Å². The summed E-state index contributed by atoms with van der Waals surface area (Å²) in [6, 6.07) is 15.9. The van der Waals surface area contributed by atoms with Gasteiger partial charge in [-0.3, -0.25) is 19.2 Å². The molecule has 9 rings (SSSR count). The zero-order chi connectivity index (χ0) is 68.4. The predicted octanol–water partition coefficient (Wildman–Crippen LogP) is 17.2. The van der Waals surface area contributed by atoms with E-state index in [4.69, 9.17) is 67.8 Å². The fourth-order valence-electron chi connectivity index (χ4n) is 10.7. The summed E-state index contributed by atoms with van der Waals surface area (Å²) < 4.78 is 50.0. The molecule has 2 N–H and O–H groups in total. The number of nitrogens with one attached hydrogen (secondary N) is 2. The highest BCUT2D eigenvalue weighted by molar-refractivity contribution is 8.14. The number of H-pyrrole nitrogens is 2. The molecular formula is C72H90N8O12S4. The molecular weight excluding hydrogens is 1300 g/mol. The van der Waals surface area contributed by atoms with Gasteiger partial charge in [-0.2, -0.15) is 0 Å². The van der Waals surface area contributed by atoms with E-state index in [1.54, 1.807) is 0 Å². The maximum absolute atomic E-state index is 13.0. The molecule has 0 saturated heterocycles. The van der Waals surface area contributed by atoms with Gasteiger partial charge in [0.25, 0.3) is 0 Å². The quantitative estimate of drug-likeness (QED) is 0.0210. The molecule has 3 aromatic heterocycles. The van der Waals surface area contributed by atoms with E-state index in [1.165, 1.54) is 47.0 Å². The summed E-state index contributed by atoms with van der Waals surface area (Å²) in [6.45, 7) is 25.1. The molecule has 24 heteroatoms. The lowest BCUT2D eigenvalue weighted by Gasteiger charge is -2.19. The number of carbonyl (C=O) groups is 4. The highest BCUT2D eigenvalue weighted by Gasteiger charge is 2.32. The van der Waals surface area contributed by atoms with Crippen molar-refractivity contribution in [1.29, 1.82) is 0 Å². The molecule has 7 aromatic rings. The van der Waals surface area contributed by atoms with Crippen molar-refractivity contribution in [2.45, 2.75) is 185 Å². The van der Waals surface area contributed by atoms with E-state index < -0.39 is 0 Å². The summed E-state index contributed by atoms with van der Waals surface area (Å²) in [5.74, 6) is 4.27. The van der Waals surface area contributed by atoms with Gasteiger partial charge in [0, 0.05) is 47.2 Å². The summed E-state index contributed by atoms with van der Waals surface area (Å²) in [7, 11) is 0. The van der Waals surface area contributed by atoms with Gasteiger partial charge in [0.15, 0.2) is 23.3 Å². The molecule has 514 valence electrons. The molecule has 0 radical (unpaired) electrons. The van der Waals surface area contributed by atoms with E-state index in [0.717, 1.165) is 21.5 Å². The second-order valence-electron chi connectivity index (χ2n) is 24.2. The SMILES string of the molecule is CCCOC(=O)CCCSC1=C(SCCCC(=O)OCCC)c2nc1nc1[nH]c(nc3nc(nc4[nH]c(n2)c2c(OC(C)C)c5ccccc5c(OC(C)C)c42)C(SCCCC(=O)OCCC)=C3SCCCC(=O)OCCC)c2c(OC(C)C)c3ccccc3c(OC(C)C)c12. The second kappa shape index (κ2) is 35.3. The van der Waals surface area contributed by atoms with Crippen LogP contribution in [0.25, 0.3) is 85.3 Å². The fraction of sp³-hybridized carbons (Fsp3) is 0.500. The number of ether oxygens (including phenoxy) is 8. The smallest absolute Gasteiger partial charge is 0.305 e. The van der Waals surface area contributed by atoms with Crippen LogP contribution in [0, 0.1) is 0 Å². The first kappa shape index (κ1) is 73.0. The largest absolute Gasteiger partial charge is 0.490 e. The Labute approximate surface area is 578 Å². The van der Waals surface area contributed by atoms with Gasteiger partial charge in [0.2, 0.25) is 0 Å². The minimum atomic E-state index is -0.303. The fourth-order valence-corrected chi connectivity index (χ4v) is 15.1. The molecule has 5 heterocycles. The first-order chi connectivity index (χ1) is 46.4. The van der Waals surface area contributed by atoms with Crippen molar-refractivity contribution >= 4 is 156 Å². The van der Waals surface area contributed by atoms with E-state index >= 15 is 0 Å². The Morgan fingerprint density at radius 1 is 0.354 bits per heavy atom. The van der Waals surface area contributed by atoms with Gasteiger partial charge in [-0.05, 0) is 130 Å². The maximum atomic E-state index is 13.0. The molecule has 0 saturated carbocycles. The summed E-state index contributed by atoms with van der Waals surface area (Å²) in [5, 5.41) is 5.46. The van der Waals surface area contributed by atoms with Crippen LogP contribution in [0.1, 0.15) is 183 Å². The molecule has 2 aliphatic heterocycles. The van der Waals surface area contributed by atoms with Crippen LogP contribution in [0.3, 0.4) is 0 Å². The van der Waals surface area contributed by atoms with Crippen LogP contribution in [0.15, 0.2) is 48.5 Å². The molecule has 96 heavy (non-hydrogen) atoms. The lowest BCUT2D eigenvalue weighted by molar-refractivity contribution is -0.144. The highest BCUT2D eigenvalue weighted by Crippen LogP contribution is 2.52. The minimum Gasteiger partial charge on any atom is -0.490 e. The second-order valence-corrected chi connectivity index (χ2v) is 28.6. The average Bonchev–Trinajstić information content (AvgIpc) is 1.52. The van der Waals surface area contributed by atoms with Crippen molar-refractivity contribution in [1.82, 2.24) is 39.9 Å². The first-order valence-corrected chi connectivity index (χ1v) is 37.7. The molecule has 20 nitrogen and oxygen atoms in total.